The molecule has 0 aliphatic carbocycles. The fraction of sp³-hybridized carbons (Fsp3) is 0.500. The Morgan fingerprint density at radius 1 is 1.29 bits per heavy atom. The monoisotopic (exact) mass is 292 g/mol. The summed E-state index contributed by atoms with van der Waals surface area (Å²) in [7, 11) is -3.18. The van der Waals surface area contributed by atoms with Crippen LogP contribution in [0.3, 0.4) is 0 Å². The third-order valence-corrected chi connectivity index (χ3v) is 6.50. The van der Waals surface area contributed by atoms with Crippen LogP contribution in [-0.4, -0.2) is 25.9 Å². The number of sulfone groups is 1. The molecule has 0 amide bonds. The van der Waals surface area contributed by atoms with E-state index in [2.05, 4.69) is 0 Å². The van der Waals surface area contributed by atoms with Crippen LogP contribution in [0.4, 0.5) is 0 Å². The van der Waals surface area contributed by atoms with Gasteiger partial charge in [0.1, 0.15) is 0 Å². The summed E-state index contributed by atoms with van der Waals surface area (Å²) in [5.41, 5.74) is 0.472. The van der Waals surface area contributed by atoms with Gasteiger partial charge in [0.15, 0.2) is 9.84 Å². The summed E-state index contributed by atoms with van der Waals surface area (Å²) in [5.74, 6) is 0.705. The number of hydrogen-bond donors (Lipinski definition) is 0. The molecule has 0 fully saturated rings. The van der Waals surface area contributed by atoms with E-state index in [1.165, 1.54) is 0 Å². The molecule has 1 aromatic carbocycles. The van der Waals surface area contributed by atoms with Crippen molar-refractivity contribution in [2.45, 2.75) is 17.7 Å². The largest absolute Gasteiger partial charge is 0.224 e. The van der Waals surface area contributed by atoms with Crippen molar-refractivity contribution in [1.29, 1.82) is 0 Å². The number of benzene rings is 1. The van der Waals surface area contributed by atoms with Crippen molar-refractivity contribution < 1.29 is 8.42 Å². The Morgan fingerprint density at radius 3 is 2.47 bits per heavy atom. The summed E-state index contributed by atoms with van der Waals surface area (Å²) < 4.78 is 24.1. The quantitative estimate of drug-likeness (QED) is 0.803. The molecular weight excluding hydrogens is 279 g/mol. The molecule has 1 aliphatic heterocycles. The zero-order valence-electron chi connectivity index (χ0n) is 9.49. The molecule has 0 aromatic heterocycles. The van der Waals surface area contributed by atoms with Crippen molar-refractivity contribution in [1.82, 2.24) is 0 Å². The summed E-state index contributed by atoms with van der Waals surface area (Å²) in [6, 6.07) is 7.13. The molecular formula is C12H14Cl2O2S. The van der Waals surface area contributed by atoms with Gasteiger partial charge in [0.2, 0.25) is 0 Å². The van der Waals surface area contributed by atoms with Crippen LogP contribution in [0.2, 0.25) is 0 Å². The van der Waals surface area contributed by atoms with Gasteiger partial charge in [0.05, 0.1) is 10.6 Å². The lowest BCUT2D eigenvalue weighted by atomic mass is 9.77. The molecule has 0 saturated carbocycles. The molecule has 1 aromatic rings. The molecule has 1 unspecified atom stereocenters. The van der Waals surface area contributed by atoms with Gasteiger partial charge in [-0.1, -0.05) is 25.1 Å². The lowest BCUT2D eigenvalue weighted by Gasteiger charge is -2.31. The van der Waals surface area contributed by atoms with E-state index in [0.717, 1.165) is 5.56 Å². The smallest absolute Gasteiger partial charge is 0.179 e. The van der Waals surface area contributed by atoms with Crippen LogP contribution in [-0.2, 0) is 9.84 Å². The molecule has 0 saturated heterocycles. The first-order chi connectivity index (χ1) is 7.94. The van der Waals surface area contributed by atoms with Crippen LogP contribution < -0.4 is 0 Å². The lowest BCUT2D eigenvalue weighted by molar-refractivity contribution is 0.355. The summed E-state index contributed by atoms with van der Waals surface area (Å²) in [6.07, 6.45) is 0. The third-order valence-electron chi connectivity index (χ3n) is 3.47. The van der Waals surface area contributed by atoms with E-state index in [9.17, 15) is 8.42 Å². The van der Waals surface area contributed by atoms with Gasteiger partial charge in [0.25, 0.3) is 0 Å². The highest BCUT2D eigenvalue weighted by Gasteiger charge is 2.44. The molecule has 2 rings (SSSR count). The highest BCUT2D eigenvalue weighted by atomic mass is 35.5. The second-order valence-corrected chi connectivity index (χ2v) is 7.33. The molecule has 0 spiro atoms. The number of alkyl halides is 2. The Balaban J connectivity index is 2.56. The molecule has 1 atom stereocenters. The zero-order valence-corrected chi connectivity index (χ0v) is 11.8. The number of hydrogen-bond acceptors (Lipinski definition) is 2. The van der Waals surface area contributed by atoms with Crippen LogP contribution in [0.5, 0.6) is 0 Å². The minimum atomic E-state index is -3.18. The van der Waals surface area contributed by atoms with E-state index < -0.39 is 9.84 Å². The molecule has 1 aliphatic rings. The van der Waals surface area contributed by atoms with Crippen LogP contribution in [0.1, 0.15) is 18.4 Å². The highest BCUT2D eigenvalue weighted by molar-refractivity contribution is 7.91. The maximum atomic E-state index is 12.1. The van der Waals surface area contributed by atoms with Crippen LogP contribution in [0.15, 0.2) is 29.2 Å². The molecule has 0 N–H and O–H groups in total. The maximum Gasteiger partial charge on any atom is 0.179 e. The lowest BCUT2D eigenvalue weighted by Crippen LogP contribution is -2.30. The predicted octanol–water partition coefficient (Wildman–Crippen LogP) is 3.04. The summed E-state index contributed by atoms with van der Waals surface area (Å²) in [5, 5.41) is 0. The van der Waals surface area contributed by atoms with Crippen LogP contribution in [0, 0.1) is 5.41 Å². The highest BCUT2D eigenvalue weighted by Crippen LogP contribution is 2.46. The first kappa shape index (κ1) is 13.2. The molecule has 17 heavy (non-hydrogen) atoms. The molecule has 0 bridgehead atoms. The molecule has 0 radical (unpaired) electrons. The average molecular weight is 293 g/mol. The second-order valence-electron chi connectivity index (χ2n) is 4.79. The van der Waals surface area contributed by atoms with Crippen molar-refractivity contribution in [3.63, 3.8) is 0 Å². The Hall–Kier alpha value is -0.250. The van der Waals surface area contributed by atoms with Crippen molar-refractivity contribution >= 4 is 33.0 Å². The third kappa shape index (κ3) is 2.09. The minimum absolute atomic E-state index is 0.112. The summed E-state index contributed by atoms with van der Waals surface area (Å²) >= 11 is 11.9. The Bertz CT molecular complexity index is 521. The summed E-state index contributed by atoms with van der Waals surface area (Å²) in [6.45, 7) is 1.94. The van der Waals surface area contributed by atoms with Crippen molar-refractivity contribution in [3.8, 4) is 0 Å². The number of halogens is 2. The molecule has 1 heterocycles. The van der Waals surface area contributed by atoms with Gasteiger partial charge in [-0.05, 0) is 11.6 Å². The van der Waals surface area contributed by atoms with Gasteiger partial charge >= 0.3 is 0 Å². The van der Waals surface area contributed by atoms with Crippen molar-refractivity contribution in [3.05, 3.63) is 29.8 Å². The first-order valence-electron chi connectivity index (χ1n) is 5.38. The second kappa shape index (κ2) is 4.45. The Labute approximate surface area is 112 Å². The predicted molar refractivity (Wildman–Crippen MR) is 70.8 cm³/mol. The van der Waals surface area contributed by atoms with Gasteiger partial charge in [-0.3, -0.25) is 0 Å². The Morgan fingerprint density at radius 2 is 1.88 bits per heavy atom. The van der Waals surface area contributed by atoms with Gasteiger partial charge < -0.3 is 0 Å². The molecule has 2 nitrogen and oxygen atoms in total. The van der Waals surface area contributed by atoms with Gasteiger partial charge in [-0.2, -0.15) is 0 Å². The van der Waals surface area contributed by atoms with Gasteiger partial charge in [0, 0.05) is 23.1 Å². The average Bonchev–Trinajstić information content (AvgIpc) is 2.62. The van der Waals surface area contributed by atoms with Crippen LogP contribution >= 0.6 is 23.2 Å². The van der Waals surface area contributed by atoms with Gasteiger partial charge in [-0.25, -0.2) is 8.42 Å². The minimum Gasteiger partial charge on any atom is -0.224 e. The number of fused-ring (bicyclic) bond motifs is 1. The SMILES string of the molecule is CC(CCl)(CCl)C1CS(=O)(=O)c2ccccc21. The molecule has 5 heteroatoms. The van der Waals surface area contributed by atoms with E-state index in [1.807, 2.05) is 19.1 Å². The van der Waals surface area contributed by atoms with Gasteiger partial charge in [-0.15, -0.1) is 23.2 Å². The summed E-state index contributed by atoms with van der Waals surface area (Å²) in [4.78, 5) is 0.437. The normalized spacial score (nSPS) is 22.4. The van der Waals surface area contributed by atoms with E-state index in [0.29, 0.717) is 16.7 Å². The maximum absolute atomic E-state index is 12.1. The van der Waals surface area contributed by atoms with E-state index >= 15 is 0 Å². The number of rotatable bonds is 3. The van der Waals surface area contributed by atoms with E-state index in [-0.39, 0.29) is 17.1 Å². The van der Waals surface area contributed by atoms with Crippen molar-refractivity contribution in [2.75, 3.05) is 17.5 Å². The van der Waals surface area contributed by atoms with Crippen molar-refractivity contribution in [2.24, 2.45) is 5.41 Å². The Kier molecular flexibility index (Phi) is 3.45. The first-order valence-corrected chi connectivity index (χ1v) is 8.10. The fourth-order valence-corrected chi connectivity index (χ4v) is 4.96. The standard InChI is InChI=1S/C12H14Cl2O2S/c1-12(7-13,8-14)10-6-17(15,16)11-5-3-2-4-9(10)11/h2-5,10H,6-8H2,1H3. The molecule has 94 valence electrons. The topological polar surface area (TPSA) is 34.1 Å². The van der Waals surface area contributed by atoms with Crippen LogP contribution in [0.25, 0.3) is 0 Å². The van der Waals surface area contributed by atoms with E-state index in [1.54, 1.807) is 12.1 Å². The fourth-order valence-electron chi connectivity index (χ4n) is 2.25. The zero-order chi connectivity index (χ0) is 12.7. The van der Waals surface area contributed by atoms with E-state index in [4.69, 9.17) is 23.2 Å².